The highest BCUT2D eigenvalue weighted by Crippen LogP contribution is 2.09. The highest BCUT2D eigenvalue weighted by molar-refractivity contribution is 5.03. The molecule has 13 heavy (non-hydrogen) atoms. The lowest BCUT2D eigenvalue weighted by molar-refractivity contribution is 0.570. The van der Waals surface area contributed by atoms with Crippen LogP contribution in [0.15, 0.2) is 10.9 Å². The SMILES string of the molecule is Cn1[nH]c(=O)cc1CC1CCCN1. The molecule has 0 radical (unpaired) electrons. The molecule has 2 rings (SSSR count). The number of rotatable bonds is 2. The van der Waals surface area contributed by atoms with Gasteiger partial charge in [0.15, 0.2) is 0 Å². The van der Waals surface area contributed by atoms with E-state index >= 15 is 0 Å². The van der Waals surface area contributed by atoms with Crippen molar-refractivity contribution in [3.63, 3.8) is 0 Å². The average molecular weight is 181 g/mol. The van der Waals surface area contributed by atoms with E-state index in [4.69, 9.17) is 0 Å². The molecule has 1 aliphatic rings. The maximum atomic E-state index is 11.0. The van der Waals surface area contributed by atoms with E-state index in [1.54, 1.807) is 6.07 Å². The Bertz CT molecular complexity index is 333. The zero-order valence-electron chi connectivity index (χ0n) is 7.84. The number of hydrogen-bond acceptors (Lipinski definition) is 2. The zero-order valence-corrected chi connectivity index (χ0v) is 7.84. The minimum Gasteiger partial charge on any atom is -0.314 e. The molecule has 4 nitrogen and oxygen atoms in total. The second-order valence-corrected chi connectivity index (χ2v) is 3.67. The quantitative estimate of drug-likeness (QED) is 0.675. The molecule has 2 heterocycles. The molecule has 0 bridgehead atoms. The fraction of sp³-hybridized carbons (Fsp3) is 0.667. The van der Waals surface area contributed by atoms with E-state index in [1.807, 2.05) is 11.7 Å². The Morgan fingerprint density at radius 1 is 1.69 bits per heavy atom. The van der Waals surface area contributed by atoms with Gasteiger partial charge in [-0.05, 0) is 19.4 Å². The standard InChI is InChI=1S/C9H15N3O/c1-12-8(6-9(13)11-12)5-7-3-2-4-10-7/h6-7,10H,2-5H2,1H3,(H,11,13). The molecule has 1 fully saturated rings. The predicted molar refractivity (Wildman–Crippen MR) is 50.8 cm³/mol. The summed E-state index contributed by atoms with van der Waals surface area (Å²) in [6.45, 7) is 1.11. The van der Waals surface area contributed by atoms with Gasteiger partial charge in [0.1, 0.15) is 0 Å². The Kier molecular flexibility index (Phi) is 2.22. The number of nitrogens with zero attached hydrogens (tertiary/aromatic N) is 1. The minimum atomic E-state index is -0.00417. The summed E-state index contributed by atoms with van der Waals surface area (Å²) in [7, 11) is 1.88. The molecule has 0 saturated carbocycles. The van der Waals surface area contributed by atoms with Crippen molar-refractivity contribution in [1.29, 1.82) is 0 Å². The summed E-state index contributed by atoms with van der Waals surface area (Å²) in [5.41, 5.74) is 1.08. The van der Waals surface area contributed by atoms with Gasteiger partial charge in [0, 0.05) is 31.3 Å². The summed E-state index contributed by atoms with van der Waals surface area (Å²) in [6, 6.07) is 2.24. The van der Waals surface area contributed by atoms with E-state index in [-0.39, 0.29) is 5.56 Å². The highest BCUT2D eigenvalue weighted by Gasteiger charge is 2.15. The van der Waals surface area contributed by atoms with Crippen LogP contribution in [0, 0.1) is 0 Å². The van der Waals surface area contributed by atoms with Crippen molar-refractivity contribution < 1.29 is 0 Å². The van der Waals surface area contributed by atoms with Crippen molar-refractivity contribution in [2.24, 2.45) is 7.05 Å². The normalized spacial score (nSPS) is 22.4. The Morgan fingerprint density at radius 3 is 3.08 bits per heavy atom. The molecule has 1 aromatic heterocycles. The van der Waals surface area contributed by atoms with E-state index in [1.165, 1.54) is 12.8 Å². The molecule has 1 unspecified atom stereocenters. The van der Waals surface area contributed by atoms with Crippen LogP contribution in [-0.2, 0) is 13.5 Å². The maximum Gasteiger partial charge on any atom is 0.264 e. The number of aromatic nitrogens is 2. The summed E-state index contributed by atoms with van der Waals surface area (Å²) >= 11 is 0. The van der Waals surface area contributed by atoms with E-state index in [0.29, 0.717) is 6.04 Å². The third kappa shape index (κ3) is 1.83. The third-order valence-corrected chi connectivity index (χ3v) is 2.62. The lowest BCUT2D eigenvalue weighted by Gasteiger charge is -2.09. The second kappa shape index (κ2) is 3.38. The third-order valence-electron chi connectivity index (χ3n) is 2.62. The van der Waals surface area contributed by atoms with Crippen LogP contribution in [0.1, 0.15) is 18.5 Å². The van der Waals surface area contributed by atoms with Crippen molar-refractivity contribution in [3.05, 3.63) is 22.1 Å². The first kappa shape index (κ1) is 8.56. The predicted octanol–water partition coefficient (Wildman–Crippen LogP) is 0.00790. The van der Waals surface area contributed by atoms with Crippen molar-refractivity contribution in [1.82, 2.24) is 15.1 Å². The van der Waals surface area contributed by atoms with Crippen LogP contribution in [0.3, 0.4) is 0 Å². The zero-order chi connectivity index (χ0) is 9.26. The molecule has 1 atom stereocenters. The first-order valence-electron chi connectivity index (χ1n) is 4.74. The van der Waals surface area contributed by atoms with E-state index in [2.05, 4.69) is 10.4 Å². The smallest absolute Gasteiger partial charge is 0.264 e. The van der Waals surface area contributed by atoms with E-state index in [9.17, 15) is 4.79 Å². The van der Waals surface area contributed by atoms with Gasteiger partial charge in [-0.1, -0.05) is 0 Å². The van der Waals surface area contributed by atoms with Crippen molar-refractivity contribution in [3.8, 4) is 0 Å². The largest absolute Gasteiger partial charge is 0.314 e. The number of aromatic amines is 1. The van der Waals surface area contributed by atoms with Gasteiger partial charge in [0.25, 0.3) is 5.56 Å². The minimum absolute atomic E-state index is 0.00417. The van der Waals surface area contributed by atoms with Crippen LogP contribution in [0.2, 0.25) is 0 Å². The lowest BCUT2D eigenvalue weighted by Crippen LogP contribution is -2.24. The van der Waals surface area contributed by atoms with Crippen LogP contribution in [0.5, 0.6) is 0 Å². The number of hydrogen-bond donors (Lipinski definition) is 2. The fourth-order valence-electron chi connectivity index (χ4n) is 1.90. The molecule has 0 amide bonds. The molecule has 72 valence electrons. The van der Waals surface area contributed by atoms with Crippen LogP contribution in [0.4, 0.5) is 0 Å². The molecule has 2 N–H and O–H groups in total. The Morgan fingerprint density at radius 2 is 2.54 bits per heavy atom. The van der Waals surface area contributed by atoms with Gasteiger partial charge in [-0.25, -0.2) is 0 Å². The Balaban J connectivity index is 2.08. The molecule has 1 saturated heterocycles. The monoisotopic (exact) mass is 181 g/mol. The van der Waals surface area contributed by atoms with Gasteiger partial charge >= 0.3 is 0 Å². The molecule has 0 aliphatic carbocycles. The first-order valence-corrected chi connectivity index (χ1v) is 4.74. The second-order valence-electron chi connectivity index (χ2n) is 3.67. The van der Waals surface area contributed by atoms with Crippen LogP contribution in [-0.4, -0.2) is 22.4 Å². The van der Waals surface area contributed by atoms with E-state index in [0.717, 1.165) is 18.7 Å². The van der Waals surface area contributed by atoms with Gasteiger partial charge < -0.3 is 5.32 Å². The highest BCUT2D eigenvalue weighted by atomic mass is 16.1. The van der Waals surface area contributed by atoms with Gasteiger partial charge in [-0.2, -0.15) is 0 Å². The van der Waals surface area contributed by atoms with Crippen molar-refractivity contribution in [2.45, 2.75) is 25.3 Å². The molecule has 1 aliphatic heterocycles. The van der Waals surface area contributed by atoms with Gasteiger partial charge in [0.2, 0.25) is 0 Å². The number of aryl methyl sites for hydroxylation is 1. The summed E-state index contributed by atoms with van der Waals surface area (Å²) < 4.78 is 1.81. The van der Waals surface area contributed by atoms with Gasteiger partial charge in [-0.15, -0.1) is 0 Å². The summed E-state index contributed by atoms with van der Waals surface area (Å²) in [6.07, 6.45) is 3.43. The topological polar surface area (TPSA) is 49.8 Å². The van der Waals surface area contributed by atoms with Gasteiger partial charge in [-0.3, -0.25) is 14.6 Å². The number of nitrogens with one attached hydrogen (secondary N) is 2. The van der Waals surface area contributed by atoms with Crippen molar-refractivity contribution in [2.75, 3.05) is 6.54 Å². The van der Waals surface area contributed by atoms with Crippen molar-refractivity contribution >= 4 is 0 Å². The lowest BCUT2D eigenvalue weighted by atomic mass is 10.1. The molecule has 0 aromatic carbocycles. The Hall–Kier alpha value is -1.03. The summed E-state index contributed by atoms with van der Waals surface area (Å²) in [5, 5.41) is 6.13. The van der Waals surface area contributed by atoms with E-state index < -0.39 is 0 Å². The molecule has 0 spiro atoms. The summed E-state index contributed by atoms with van der Waals surface area (Å²) in [4.78, 5) is 11.0. The fourth-order valence-corrected chi connectivity index (χ4v) is 1.90. The molecule has 1 aromatic rings. The van der Waals surface area contributed by atoms with Crippen LogP contribution < -0.4 is 10.9 Å². The first-order chi connectivity index (χ1) is 6.25. The molecular weight excluding hydrogens is 166 g/mol. The maximum absolute atomic E-state index is 11.0. The Labute approximate surface area is 76.9 Å². The summed E-state index contributed by atoms with van der Waals surface area (Å²) in [5.74, 6) is 0. The molecular formula is C9H15N3O. The number of H-pyrrole nitrogens is 1. The van der Waals surface area contributed by atoms with Gasteiger partial charge in [0.05, 0.1) is 0 Å². The average Bonchev–Trinajstić information content (AvgIpc) is 2.63. The van der Waals surface area contributed by atoms with Crippen LogP contribution >= 0.6 is 0 Å². The van der Waals surface area contributed by atoms with Crippen LogP contribution in [0.25, 0.3) is 0 Å². The molecule has 4 heteroatoms.